The molecular weight excluding hydrogens is 614 g/mol. The third-order valence-electron chi connectivity index (χ3n) is 11.4. The second-order valence-corrected chi connectivity index (χ2v) is 17.6. The largest absolute Gasteiger partial charge is 0.339 e. The molecule has 0 N–H and O–H groups in total. The number of carbonyl (C=O) groups is 1. The summed E-state index contributed by atoms with van der Waals surface area (Å²) >= 11 is 0. The number of halogens is 1. The standard InChI is InChI=1S/C37H52FN5O3S/c1-23(2)36(27-15-30(16-27)41-12-10-31(11-13-41)47(7,45)46)42-20-26(21-42)14-28-22-43(34-19-39-18-25(5)35(28)34)33-9-8-29(38)17-32(33)37(44)40(6)24(3)4/h8-9,17-19,22-24,26-27,30-31,36H,10-16,20-21H2,1-7H3/t27-,30+,36-/m0/s1. The van der Waals surface area contributed by atoms with Crippen LogP contribution in [0.25, 0.3) is 16.6 Å². The van der Waals surface area contributed by atoms with E-state index in [4.69, 9.17) is 0 Å². The van der Waals surface area contributed by atoms with Crippen LogP contribution in [0.1, 0.15) is 74.9 Å². The first-order valence-electron chi connectivity index (χ1n) is 17.4. The molecule has 3 aliphatic rings. The summed E-state index contributed by atoms with van der Waals surface area (Å²) < 4.78 is 40.5. The molecule has 1 atom stereocenters. The number of fused-ring (bicyclic) bond motifs is 1. The molecule has 1 aromatic carbocycles. The van der Waals surface area contributed by atoms with Crippen LogP contribution in [0.3, 0.4) is 0 Å². The Kier molecular flexibility index (Phi) is 9.59. The second-order valence-electron chi connectivity index (χ2n) is 15.3. The van der Waals surface area contributed by atoms with Crippen molar-refractivity contribution in [3.05, 3.63) is 59.3 Å². The van der Waals surface area contributed by atoms with E-state index in [2.05, 4.69) is 41.8 Å². The minimum Gasteiger partial charge on any atom is -0.339 e. The Morgan fingerprint density at radius 3 is 2.38 bits per heavy atom. The maximum absolute atomic E-state index is 14.5. The van der Waals surface area contributed by atoms with E-state index in [0.717, 1.165) is 56.5 Å². The SMILES string of the molecule is Cc1cncc2c1c(CC1CN([C@@H](C(C)C)[C@H]3C[C@@H](N4CCC(S(C)(=O)=O)CC4)C3)C1)cn2-c1ccc(F)cc1C(=O)N(C)C(C)C. The van der Waals surface area contributed by atoms with Gasteiger partial charge in [0.2, 0.25) is 0 Å². The Bertz CT molecular complexity index is 1720. The molecule has 3 fully saturated rings. The van der Waals surface area contributed by atoms with Crippen LogP contribution in [-0.4, -0.2) is 101 Å². The number of hydrogen-bond donors (Lipinski definition) is 0. The van der Waals surface area contributed by atoms with Gasteiger partial charge in [0.05, 0.1) is 28.2 Å². The topological polar surface area (TPSA) is 78.8 Å². The fourth-order valence-corrected chi connectivity index (χ4v) is 9.61. The molecule has 4 heterocycles. The molecule has 1 saturated carbocycles. The van der Waals surface area contributed by atoms with Gasteiger partial charge in [0.25, 0.3) is 5.91 Å². The molecule has 0 bridgehead atoms. The van der Waals surface area contributed by atoms with Crippen molar-refractivity contribution in [2.24, 2.45) is 17.8 Å². The van der Waals surface area contributed by atoms with Gasteiger partial charge in [-0.2, -0.15) is 0 Å². The van der Waals surface area contributed by atoms with Crippen LogP contribution >= 0.6 is 0 Å². The average molecular weight is 666 g/mol. The summed E-state index contributed by atoms with van der Waals surface area (Å²) in [5.41, 5.74) is 4.29. The van der Waals surface area contributed by atoms with Crippen molar-refractivity contribution in [1.82, 2.24) is 24.3 Å². The number of nitrogens with zero attached hydrogens (tertiary/aromatic N) is 5. The monoisotopic (exact) mass is 665 g/mol. The summed E-state index contributed by atoms with van der Waals surface area (Å²) in [4.78, 5) is 24.9. The predicted octanol–water partition coefficient (Wildman–Crippen LogP) is 5.74. The van der Waals surface area contributed by atoms with Crippen molar-refractivity contribution in [1.29, 1.82) is 0 Å². The van der Waals surface area contributed by atoms with E-state index < -0.39 is 15.7 Å². The smallest absolute Gasteiger partial charge is 0.256 e. The zero-order chi connectivity index (χ0) is 33.8. The van der Waals surface area contributed by atoms with Gasteiger partial charge < -0.3 is 14.4 Å². The number of rotatable bonds is 10. The first-order valence-corrected chi connectivity index (χ1v) is 19.4. The highest BCUT2D eigenvalue weighted by Crippen LogP contribution is 2.42. The lowest BCUT2D eigenvalue weighted by atomic mass is 9.69. The van der Waals surface area contributed by atoms with Gasteiger partial charge in [-0.3, -0.25) is 14.7 Å². The van der Waals surface area contributed by atoms with Crippen molar-refractivity contribution in [2.75, 3.05) is 39.5 Å². The van der Waals surface area contributed by atoms with Crippen molar-refractivity contribution < 1.29 is 17.6 Å². The number of pyridine rings is 1. The molecule has 2 aliphatic heterocycles. The maximum atomic E-state index is 14.5. The van der Waals surface area contributed by atoms with E-state index in [1.165, 1.54) is 42.2 Å². The van der Waals surface area contributed by atoms with Gasteiger partial charge in [0.1, 0.15) is 15.7 Å². The van der Waals surface area contributed by atoms with Crippen molar-refractivity contribution >= 4 is 26.6 Å². The number of aryl methyl sites for hydroxylation is 1. The number of sulfone groups is 1. The highest BCUT2D eigenvalue weighted by atomic mass is 32.2. The van der Waals surface area contributed by atoms with Gasteiger partial charge in [0, 0.05) is 62.3 Å². The van der Waals surface area contributed by atoms with Gasteiger partial charge in [0.15, 0.2) is 0 Å². The number of likely N-dealkylation sites (tertiary alicyclic amines) is 2. The zero-order valence-electron chi connectivity index (χ0n) is 29.1. The molecule has 1 amide bonds. The molecule has 8 nitrogen and oxygen atoms in total. The fourth-order valence-electron chi connectivity index (χ4n) is 8.54. The van der Waals surface area contributed by atoms with E-state index in [1.54, 1.807) is 18.0 Å². The molecule has 256 valence electrons. The summed E-state index contributed by atoms with van der Waals surface area (Å²) in [5, 5.41) is 0.997. The third kappa shape index (κ3) is 6.75. The lowest BCUT2D eigenvalue weighted by Gasteiger charge is -2.55. The van der Waals surface area contributed by atoms with Crippen LogP contribution in [0.4, 0.5) is 4.39 Å². The minimum absolute atomic E-state index is 0.0130. The van der Waals surface area contributed by atoms with Crippen LogP contribution in [0.5, 0.6) is 0 Å². The Labute approximate surface area is 280 Å². The van der Waals surface area contributed by atoms with Crippen LogP contribution in [0.15, 0.2) is 36.8 Å². The van der Waals surface area contributed by atoms with E-state index in [9.17, 15) is 17.6 Å². The van der Waals surface area contributed by atoms with E-state index in [-0.39, 0.29) is 17.2 Å². The first-order chi connectivity index (χ1) is 22.2. The second kappa shape index (κ2) is 13.2. The molecule has 10 heteroatoms. The predicted molar refractivity (Wildman–Crippen MR) is 186 cm³/mol. The van der Waals surface area contributed by atoms with E-state index >= 15 is 0 Å². The molecule has 1 aliphatic carbocycles. The van der Waals surface area contributed by atoms with Crippen molar-refractivity contribution in [3.63, 3.8) is 0 Å². The van der Waals surface area contributed by atoms with Crippen molar-refractivity contribution in [2.45, 2.75) is 90.1 Å². The average Bonchev–Trinajstić information content (AvgIpc) is 3.34. The number of aromatic nitrogens is 2. The lowest BCUT2D eigenvalue weighted by molar-refractivity contribution is -0.0482. The summed E-state index contributed by atoms with van der Waals surface area (Å²) in [6.45, 7) is 14.6. The third-order valence-corrected chi connectivity index (χ3v) is 13.0. The molecule has 2 aromatic heterocycles. The molecule has 47 heavy (non-hydrogen) atoms. The molecule has 0 radical (unpaired) electrons. The zero-order valence-corrected chi connectivity index (χ0v) is 29.9. The van der Waals surface area contributed by atoms with Gasteiger partial charge in [-0.05, 0) is 113 Å². The quantitative estimate of drug-likeness (QED) is 0.275. The molecule has 6 rings (SSSR count). The van der Waals surface area contributed by atoms with Gasteiger partial charge >= 0.3 is 0 Å². The van der Waals surface area contributed by atoms with Gasteiger partial charge in [-0.25, -0.2) is 12.8 Å². The number of benzene rings is 1. The van der Waals surface area contributed by atoms with Crippen LogP contribution in [0, 0.1) is 30.5 Å². The van der Waals surface area contributed by atoms with Crippen LogP contribution < -0.4 is 0 Å². The molecule has 3 aromatic rings. The minimum atomic E-state index is -2.94. The number of amides is 1. The van der Waals surface area contributed by atoms with Crippen molar-refractivity contribution in [3.8, 4) is 5.69 Å². The van der Waals surface area contributed by atoms with Crippen LogP contribution in [-0.2, 0) is 16.3 Å². The molecule has 0 unspecified atom stereocenters. The Morgan fingerprint density at radius 1 is 1.09 bits per heavy atom. The number of carbonyl (C=O) groups excluding carboxylic acids is 1. The highest BCUT2D eigenvalue weighted by Gasteiger charge is 2.45. The summed E-state index contributed by atoms with van der Waals surface area (Å²) in [6.07, 6.45) is 12.2. The Morgan fingerprint density at radius 2 is 1.77 bits per heavy atom. The summed E-state index contributed by atoms with van der Waals surface area (Å²) in [7, 11) is -1.18. The Balaban J connectivity index is 1.15. The Hall–Kier alpha value is -2.82. The normalized spacial score (nSPS) is 22.5. The van der Waals surface area contributed by atoms with E-state index in [0.29, 0.717) is 41.1 Å². The summed E-state index contributed by atoms with van der Waals surface area (Å²) in [6, 6.07) is 5.62. The van der Waals surface area contributed by atoms with E-state index in [1.807, 2.05) is 30.8 Å². The lowest BCUT2D eigenvalue weighted by Crippen LogP contribution is -2.61. The van der Waals surface area contributed by atoms with Gasteiger partial charge in [-0.15, -0.1) is 0 Å². The first kappa shape index (κ1) is 34.1. The maximum Gasteiger partial charge on any atom is 0.256 e. The number of hydrogen-bond acceptors (Lipinski definition) is 6. The molecule has 0 spiro atoms. The molecule has 2 saturated heterocycles. The highest BCUT2D eigenvalue weighted by molar-refractivity contribution is 7.91. The molecular formula is C37H52FN5O3S. The fraction of sp³-hybridized carbons (Fsp3) is 0.622. The van der Waals surface area contributed by atoms with Gasteiger partial charge in [-0.1, -0.05) is 13.8 Å². The van der Waals surface area contributed by atoms with Crippen LogP contribution in [0.2, 0.25) is 0 Å². The summed E-state index contributed by atoms with van der Waals surface area (Å²) in [5.74, 6) is 1.16. The number of piperidine rings is 1.